The van der Waals surface area contributed by atoms with E-state index in [2.05, 4.69) is 15.4 Å². The van der Waals surface area contributed by atoms with Crippen LogP contribution in [0.2, 0.25) is 0 Å². The Labute approximate surface area is 122 Å². The van der Waals surface area contributed by atoms with E-state index in [1.807, 2.05) is 0 Å². The third-order valence-electron chi connectivity index (χ3n) is 2.39. The van der Waals surface area contributed by atoms with Crippen molar-refractivity contribution in [1.29, 1.82) is 0 Å². The van der Waals surface area contributed by atoms with E-state index >= 15 is 0 Å². The highest BCUT2D eigenvalue weighted by Crippen LogP contribution is 2.10. The minimum Gasteiger partial charge on any atom is -0.478 e. The standard InChI is InChI=1S/C12H17N3O5S/c1-2-14-21(19,20)7-6-13-12(18)15-10-5-3-4-9(8-10)11(16)17/h3-5,8,14H,2,6-7H2,1H3,(H,16,17)(H2,13,15,18). The lowest BCUT2D eigenvalue weighted by molar-refractivity contribution is 0.0697. The van der Waals surface area contributed by atoms with E-state index < -0.39 is 22.0 Å². The highest BCUT2D eigenvalue weighted by atomic mass is 32.2. The van der Waals surface area contributed by atoms with Gasteiger partial charge in [-0.3, -0.25) is 0 Å². The number of carbonyl (C=O) groups is 2. The Balaban J connectivity index is 2.47. The fraction of sp³-hybridized carbons (Fsp3) is 0.333. The molecular weight excluding hydrogens is 298 g/mol. The Hall–Kier alpha value is -2.13. The first kappa shape index (κ1) is 16.9. The molecular formula is C12H17N3O5S. The van der Waals surface area contributed by atoms with Gasteiger partial charge in [-0.2, -0.15) is 0 Å². The first-order valence-electron chi connectivity index (χ1n) is 6.19. The van der Waals surface area contributed by atoms with Gasteiger partial charge in [0.25, 0.3) is 0 Å². The molecule has 0 unspecified atom stereocenters. The van der Waals surface area contributed by atoms with Crippen molar-refractivity contribution >= 4 is 27.7 Å². The van der Waals surface area contributed by atoms with Crippen LogP contribution in [0.15, 0.2) is 24.3 Å². The third kappa shape index (κ3) is 6.23. The fourth-order valence-corrected chi connectivity index (χ4v) is 2.45. The number of nitrogens with one attached hydrogen (secondary N) is 3. The van der Waals surface area contributed by atoms with E-state index in [-0.39, 0.29) is 24.4 Å². The summed E-state index contributed by atoms with van der Waals surface area (Å²) in [6.07, 6.45) is 0. The molecule has 0 aliphatic carbocycles. The SMILES string of the molecule is CCNS(=O)(=O)CCNC(=O)Nc1cccc(C(=O)O)c1. The molecule has 21 heavy (non-hydrogen) atoms. The predicted octanol–water partition coefficient (Wildman–Crippen LogP) is 0.446. The molecule has 4 N–H and O–H groups in total. The first-order chi connectivity index (χ1) is 9.84. The topological polar surface area (TPSA) is 125 Å². The van der Waals surface area contributed by atoms with Crippen LogP contribution < -0.4 is 15.4 Å². The van der Waals surface area contributed by atoms with Crippen molar-refractivity contribution in [3.63, 3.8) is 0 Å². The van der Waals surface area contributed by atoms with Crippen molar-refractivity contribution in [3.05, 3.63) is 29.8 Å². The molecule has 0 radical (unpaired) electrons. The van der Waals surface area contributed by atoms with E-state index in [1.165, 1.54) is 24.3 Å². The quantitative estimate of drug-likeness (QED) is 0.581. The molecule has 0 saturated heterocycles. The molecule has 8 nitrogen and oxygen atoms in total. The Kier molecular flexibility index (Phi) is 6.12. The van der Waals surface area contributed by atoms with Gasteiger partial charge < -0.3 is 15.7 Å². The van der Waals surface area contributed by atoms with Crippen LogP contribution in [0.5, 0.6) is 0 Å². The highest BCUT2D eigenvalue weighted by Gasteiger charge is 2.10. The largest absolute Gasteiger partial charge is 0.478 e. The van der Waals surface area contributed by atoms with Crippen LogP contribution in [0.25, 0.3) is 0 Å². The average Bonchev–Trinajstić information content (AvgIpc) is 2.38. The number of amides is 2. The predicted molar refractivity (Wildman–Crippen MR) is 77.9 cm³/mol. The van der Waals surface area contributed by atoms with Crippen LogP contribution in [0.4, 0.5) is 10.5 Å². The molecule has 0 atom stereocenters. The van der Waals surface area contributed by atoms with Gasteiger partial charge in [0.15, 0.2) is 0 Å². The van der Waals surface area contributed by atoms with Crippen LogP contribution in [-0.4, -0.2) is 44.4 Å². The number of aromatic carboxylic acids is 1. The molecule has 0 aliphatic rings. The monoisotopic (exact) mass is 315 g/mol. The summed E-state index contributed by atoms with van der Waals surface area (Å²) in [6, 6.07) is 5.12. The first-order valence-corrected chi connectivity index (χ1v) is 7.85. The second-order valence-electron chi connectivity index (χ2n) is 4.08. The molecule has 0 aromatic heterocycles. The van der Waals surface area contributed by atoms with Gasteiger partial charge in [-0.15, -0.1) is 0 Å². The highest BCUT2D eigenvalue weighted by molar-refractivity contribution is 7.89. The van der Waals surface area contributed by atoms with Gasteiger partial charge in [0.1, 0.15) is 0 Å². The number of carboxylic acids is 1. The number of hydrogen-bond donors (Lipinski definition) is 4. The van der Waals surface area contributed by atoms with Gasteiger partial charge in [0.2, 0.25) is 10.0 Å². The Bertz CT molecular complexity index is 615. The van der Waals surface area contributed by atoms with Gasteiger partial charge in [0, 0.05) is 18.8 Å². The minimum absolute atomic E-state index is 0.0440. The molecule has 116 valence electrons. The number of carboxylic acid groups (broad SMARTS) is 1. The second-order valence-corrected chi connectivity index (χ2v) is 6.01. The summed E-state index contributed by atoms with van der Waals surface area (Å²) < 4.78 is 25.0. The van der Waals surface area contributed by atoms with E-state index in [9.17, 15) is 18.0 Å². The normalized spacial score (nSPS) is 10.9. The molecule has 9 heteroatoms. The van der Waals surface area contributed by atoms with Crippen molar-refractivity contribution < 1.29 is 23.1 Å². The fourth-order valence-electron chi connectivity index (χ4n) is 1.50. The van der Waals surface area contributed by atoms with E-state index in [4.69, 9.17) is 5.11 Å². The van der Waals surface area contributed by atoms with Crippen molar-refractivity contribution in [3.8, 4) is 0 Å². The maximum absolute atomic E-state index is 11.6. The number of urea groups is 1. The Morgan fingerprint density at radius 1 is 1.29 bits per heavy atom. The number of benzene rings is 1. The van der Waals surface area contributed by atoms with Crippen LogP contribution in [0.3, 0.4) is 0 Å². The summed E-state index contributed by atoms with van der Waals surface area (Å²) in [5, 5.41) is 13.6. The summed E-state index contributed by atoms with van der Waals surface area (Å²) in [5.41, 5.74) is 0.351. The van der Waals surface area contributed by atoms with E-state index in [0.717, 1.165) is 0 Å². The summed E-state index contributed by atoms with van der Waals surface area (Å²) in [4.78, 5) is 22.3. The number of hydrogen-bond acceptors (Lipinski definition) is 4. The smallest absolute Gasteiger partial charge is 0.335 e. The van der Waals surface area contributed by atoms with Crippen molar-refractivity contribution in [2.75, 3.05) is 24.2 Å². The average molecular weight is 315 g/mol. The Morgan fingerprint density at radius 3 is 2.62 bits per heavy atom. The third-order valence-corrected chi connectivity index (χ3v) is 3.86. The number of anilines is 1. The molecule has 0 bridgehead atoms. The summed E-state index contributed by atoms with van der Waals surface area (Å²) in [6.45, 7) is 1.89. The van der Waals surface area contributed by atoms with Crippen LogP contribution >= 0.6 is 0 Å². The van der Waals surface area contributed by atoms with E-state index in [1.54, 1.807) is 6.92 Å². The Morgan fingerprint density at radius 2 is 2.00 bits per heavy atom. The zero-order valence-corrected chi connectivity index (χ0v) is 12.2. The zero-order valence-electron chi connectivity index (χ0n) is 11.4. The molecule has 2 amide bonds. The van der Waals surface area contributed by atoms with Gasteiger partial charge >= 0.3 is 12.0 Å². The molecule has 0 aliphatic heterocycles. The number of carbonyl (C=O) groups excluding carboxylic acids is 1. The molecule has 0 saturated carbocycles. The number of rotatable bonds is 7. The summed E-state index contributed by atoms with van der Waals surface area (Å²) in [5.74, 6) is -1.33. The molecule has 1 aromatic rings. The lowest BCUT2D eigenvalue weighted by Gasteiger charge is -2.08. The second kappa shape index (κ2) is 7.60. The van der Waals surface area contributed by atoms with Gasteiger partial charge in [-0.1, -0.05) is 13.0 Å². The van der Waals surface area contributed by atoms with Crippen molar-refractivity contribution in [2.45, 2.75) is 6.92 Å². The maximum Gasteiger partial charge on any atom is 0.335 e. The molecule has 1 rings (SSSR count). The van der Waals surface area contributed by atoms with Gasteiger partial charge in [-0.05, 0) is 18.2 Å². The summed E-state index contributed by atoms with van der Waals surface area (Å²) >= 11 is 0. The van der Waals surface area contributed by atoms with Crippen LogP contribution in [0, 0.1) is 0 Å². The maximum atomic E-state index is 11.6. The molecule has 1 aromatic carbocycles. The van der Waals surface area contributed by atoms with Crippen LogP contribution in [0.1, 0.15) is 17.3 Å². The number of sulfonamides is 1. The van der Waals surface area contributed by atoms with Gasteiger partial charge in [-0.25, -0.2) is 22.7 Å². The zero-order chi connectivity index (χ0) is 15.9. The van der Waals surface area contributed by atoms with Gasteiger partial charge in [0.05, 0.1) is 11.3 Å². The van der Waals surface area contributed by atoms with Crippen LogP contribution in [-0.2, 0) is 10.0 Å². The lowest BCUT2D eigenvalue weighted by Crippen LogP contribution is -2.36. The molecule has 0 fully saturated rings. The van der Waals surface area contributed by atoms with Crippen molar-refractivity contribution in [2.24, 2.45) is 0 Å². The minimum atomic E-state index is -3.39. The molecule has 0 spiro atoms. The molecule has 0 heterocycles. The van der Waals surface area contributed by atoms with Crippen molar-refractivity contribution in [1.82, 2.24) is 10.0 Å². The van der Waals surface area contributed by atoms with E-state index in [0.29, 0.717) is 5.69 Å². The lowest BCUT2D eigenvalue weighted by atomic mass is 10.2. The summed E-state index contributed by atoms with van der Waals surface area (Å²) in [7, 11) is -3.39.